The van der Waals surface area contributed by atoms with E-state index in [1.54, 1.807) is 6.21 Å². The summed E-state index contributed by atoms with van der Waals surface area (Å²) < 4.78 is 0.797. The number of carbonyl (C=O) groups excluding carboxylic acids is 1. The first-order chi connectivity index (χ1) is 6.72. The predicted octanol–water partition coefficient (Wildman–Crippen LogP) is 3.55. The first-order valence-corrected chi connectivity index (χ1v) is 5.28. The molecule has 0 aliphatic heterocycles. The highest BCUT2D eigenvalue weighted by atomic mass is 79.9. The summed E-state index contributed by atoms with van der Waals surface area (Å²) >= 11 is 3.34. The molecule has 0 fully saturated rings. The van der Waals surface area contributed by atoms with Gasteiger partial charge in [0.1, 0.15) is 0 Å². The van der Waals surface area contributed by atoms with Crippen LogP contribution in [-0.4, -0.2) is 12.5 Å². The van der Waals surface area contributed by atoms with E-state index in [-0.39, 0.29) is 0 Å². The molecule has 1 rings (SSSR count). The van der Waals surface area contributed by atoms with Crippen molar-refractivity contribution >= 4 is 34.1 Å². The quantitative estimate of drug-likeness (QED) is 0.599. The van der Waals surface area contributed by atoms with E-state index in [2.05, 4.69) is 20.9 Å². The van der Waals surface area contributed by atoms with Gasteiger partial charge in [0.15, 0.2) is 6.29 Å². The first kappa shape index (κ1) is 11.1. The zero-order valence-electron chi connectivity index (χ0n) is 8.25. The van der Waals surface area contributed by atoms with Crippen LogP contribution in [-0.2, 0) is 6.42 Å². The molecule has 0 bridgehead atoms. The molecule has 0 aliphatic carbocycles. The summed E-state index contributed by atoms with van der Waals surface area (Å²) in [5, 5.41) is 0. The fourth-order valence-electron chi connectivity index (χ4n) is 1.26. The van der Waals surface area contributed by atoms with E-state index in [1.807, 2.05) is 26.0 Å². The Bertz CT molecular complexity index is 372. The van der Waals surface area contributed by atoms with E-state index in [4.69, 9.17) is 0 Å². The van der Waals surface area contributed by atoms with Crippen molar-refractivity contribution in [1.82, 2.24) is 0 Å². The number of hydrogen-bond donors (Lipinski definition) is 0. The Kier molecular flexibility index (Phi) is 4.01. The SMILES string of the molecule is CC=Nc1cc(Br)c(C=O)cc1CC. The zero-order valence-corrected chi connectivity index (χ0v) is 9.84. The van der Waals surface area contributed by atoms with E-state index < -0.39 is 0 Å². The summed E-state index contributed by atoms with van der Waals surface area (Å²) in [4.78, 5) is 14.9. The van der Waals surface area contributed by atoms with Crippen LogP contribution in [0.15, 0.2) is 21.6 Å². The van der Waals surface area contributed by atoms with E-state index in [1.165, 1.54) is 0 Å². The maximum absolute atomic E-state index is 10.7. The minimum absolute atomic E-state index is 0.678. The van der Waals surface area contributed by atoms with Gasteiger partial charge in [0, 0.05) is 16.3 Å². The molecule has 14 heavy (non-hydrogen) atoms. The van der Waals surface area contributed by atoms with Crippen molar-refractivity contribution < 1.29 is 4.79 Å². The summed E-state index contributed by atoms with van der Waals surface area (Å²) in [5.41, 5.74) is 2.69. The normalized spacial score (nSPS) is 10.8. The van der Waals surface area contributed by atoms with Crippen molar-refractivity contribution in [2.24, 2.45) is 4.99 Å². The van der Waals surface area contributed by atoms with Gasteiger partial charge in [0.05, 0.1) is 5.69 Å². The highest BCUT2D eigenvalue weighted by molar-refractivity contribution is 9.10. The summed E-state index contributed by atoms with van der Waals surface area (Å²) in [6.45, 7) is 3.92. The lowest BCUT2D eigenvalue weighted by Crippen LogP contribution is -1.88. The minimum atomic E-state index is 0.678. The van der Waals surface area contributed by atoms with Crippen LogP contribution in [0, 0.1) is 0 Å². The van der Waals surface area contributed by atoms with Crippen molar-refractivity contribution in [3.63, 3.8) is 0 Å². The average Bonchev–Trinajstić information content (AvgIpc) is 2.19. The van der Waals surface area contributed by atoms with Crippen LogP contribution in [0.5, 0.6) is 0 Å². The van der Waals surface area contributed by atoms with Crippen LogP contribution in [0.2, 0.25) is 0 Å². The van der Waals surface area contributed by atoms with Crippen LogP contribution in [0.3, 0.4) is 0 Å². The number of halogens is 1. The molecule has 0 radical (unpaired) electrons. The van der Waals surface area contributed by atoms with Crippen molar-refractivity contribution in [3.8, 4) is 0 Å². The van der Waals surface area contributed by atoms with Gasteiger partial charge in [-0.1, -0.05) is 6.92 Å². The molecule has 0 heterocycles. The standard InChI is InChI=1S/C11H12BrNO/c1-3-8-5-9(7-14)10(12)6-11(8)13-4-2/h4-7H,3H2,1-2H3. The molecule has 0 spiro atoms. The molecule has 0 unspecified atom stereocenters. The van der Waals surface area contributed by atoms with Crippen LogP contribution in [0.4, 0.5) is 5.69 Å². The van der Waals surface area contributed by atoms with Crippen molar-refractivity contribution in [2.75, 3.05) is 0 Å². The van der Waals surface area contributed by atoms with Gasteiger partial charge >= 0.3 is 0 Å². The molecule has 2 nitrogen and oxygen atoms in total. The van der Waals surface area contributed by atoms with Crippen LogP contribution in [0.25, 0.3) is 0 Å². The lowest BCUT2D eigenvalue weighted by Gasteiger charge is -2.05. The molecule has 3 heteroatoms. The van der Waals surface area contributed by atoms with Gasteiger partial charge in [-0.3, -0.25) is 9.79 Å². The molecular formula is C11H12BrNO. The first-order valence-electron chi connectivity index (χ1n) is 4.49. The molecule has 1 aromatic rings. The number of aryl methyl sites for hydroxylation is 1. The molecule has 0 saturated carbocycles. The fraction of sp³-hybridized carbons (Fsp3) is 0.273. The Hall–Kier alpha value is -0.960. The molecule has 0 atom stereocenters. The second-order valence-corrected chi connectivity index (χ2v) is 3.72. The molecule has 74 valence electrons. The Labute approximate surface area is 92.2 Å². The van der Waals surface area contributed by atoms with E-state index in [0.717, 1.165) is 28.4 Å². The molecular weight excluding hydrogens is 242 g/mol. The Morgan fingerprint density at radius 1 is 1.50 bits per heavy atom. The van der Waals surface area contributed by atoms with Gasteiger partial charge in [0.25, 0.3) is 0 Å². The number of carbonyl (C=O) groups is 1. The average molecular weight is 254 g/mol. The predicted molar refractivity (Wildman–Crippen MR) is 62.7 cm³/mol. The van der Waals surface area contributed by atoms with Crippen LogP contribution >= 0.6 is 15.9 Å². The third-order valence-electron chi connectivity index (χ3n) is 1.97. The number of aldehydes is 1. The van der Waals surface area contributed by atoms with Crippen LogP contribution in [0.1, 0.15) is 29.8 Å². The van der Waals surface area contributed by atoms with E-state index in [9.17, 15) is 4.79 Å². The number of hydrogen-bond acceptors (Lipinski definition) is 2. The third-order valence-corrected chi connectivity index (χ3v) is 2.66. The van der Waals surface area contributed by atoms with Crippen LogP contribution < -0.4 is 0 Å². The minimum Gasteiger partial charge on any atom is -0.298 e. The molecule has 0 aliphatic rings. The van der Waals surface area contributed by atoms with Crippen molar-refractivity contribution in [1.29, 1.82) is 0 Å². The molecule has 0 amide bonds. The van der Waals surface area contributed by atoms with Gasteiger partial charge < -0.3 is 0 Å². The lowest BCUT2D eigenvalue weighted by molar-refractivity contribution is 0.112. The highest BCUT2D eigenvalue weighted by Gasteiger charge is 2.05. The van der Waals surface area contributed by atoms with Gasteiger partial charge in [-0.2, -0.15) is 0 Å². The number of benzene rings is 1. The number of rotatable bonds is 3. The third kappa shape index (κ3) is 2.29. The molecule has 0 aromatic heterocycles. The van der Waals surface area contributed by atoms with Gasteiger partial charge in [0.2, 0.25) is 0 Å². The smallest absolute Gasteiger partial charge is 0.151 e. The molecule has 0 saturated heterocycles. The second kappa shape index (κ2) is 5.05. The summed E-state index contributed by atoms with van der Waals surface area (Å²) in [5.74, 6) is 0. The topological polar surface area (TPSA) is 29.4 Å². The van der Waals surface area contributed by atoms with Crippen molar-refractivity contribution in [3.05, 3.63) is 27.7 Å². The Balaban J connectivity index is 3.30. The fourth-order valence-corrected chi connectivity index (χ4v) is 1.68. The Morgan fingerprint density at radius 3 is 2.71 bits per heavy atom. The maximum Gasteiger partial charge on any atom is 0.151 e. The second-order valence-electron chi connectivity index (χ2n) is 2.86. The summed E-state index contributed by atoms with van der Waals surface area (Å²) in [6.07, 6.45) is 3.48. The monoisotopic (exact) mass is 253 g/mol. The summed E-state index contributed by atoms with van der Waals surface area (Å²) in [6, 6.07) is 3.75. The van der Waals surface area contributed by atoms with Gasteiger partial charge in [-0.05, 0) is 47.0 Å². The highest BCUT2D eigenvalue weighted by Crippen LogP contribution is 2.27. The molecule has 1 aromatic carbocycles. The largest absolute Gasteiger partial charge is 0.298 e. The van der Waals surface area contributed by atoms with E-state index in [0.29, 0.717) is 5.56 Å². The van der Waals surface area contributed by atoms with Gasteiger partial charge in [-0.25, -0.2) is 0 Å². The summed E-state index contributed by atoms with van der Waals surface area (Å²) in [7, 11) is 0. The molecule has 0 N–H and O–H groups in total. The number of nitrogens with zero attached hydrogens (tertiary/aromatic N) is 1. The van der Waals surface area contributed by atoms with Gasteiger partial charge in [-0.15, -0.1) is 0 Å². The zero-order chi connectivity index (χ0) is 10.6. The maximum atomic E-state index is 10.7. The number of aliphatic imine (C=N–C) groups is 1. The Morgan fingerprint density at radius 2 is 2.21 bits per heavy atom. The van der Waals surface area contributed by atoms with E-state index >= 15 is 0 Å². The van der Waals surface area contributed by atoms with Crippen molar-refractivity contribution in [2.45, 2.75) is 20.3 Å². The lowest BCUT2D eigenvalue weighted by atomic mass is 10.1.